The van der Waals surface area contributed by atoms with Gasteiger partial charge in [-0.1, -0.05) is 18.2 Å². The van der Waals surface area contributed by atoms with Gasteiger partial charge in [0.05, 0.1) is 12.7 Å². The van der Waals surface area contributed by atoms with E-state index in [2.05, 4.69) is 5.10 Å². The predicted octanol–water partition coefficient (Wildman–Crippen LogP) is 1.78. The molecule has 1 amide bonds. The predicted molar refractivity (Wildman–Crippen MR) is 94.2 cm³/mol. The summed E-state index contributed by atoms with van der Waals surface area (Å²) >= 11 is 0. The maximum absolute atomic E-state index is 12.5. The topological polar surface area (TPSA) is 67.6 Å². The lowest BCUT2D eigenvalue weighted by Gasteiger charge is -2.42. The van der Waals surface area contributed by atoms with Crippen LogP contribution in [0, 0.1) is 0 Å². The van der Waals surface area contributed by atoms with Gasteiger partial charge in [-0.05, 0) is 37.5 Å². The van der Waals surface area contributed by atoms with E-state index in [1.54, 1.807) is 22.7 Å². The molecule has 3 rings (SSSR count). The molecule has 25 heavy (non-hydrogen) atoms. The van der Waals surface area contributed by atoms with Crippen LogP contribution < -0.4 is 4.74 Å². The number of ether oxygens (including phenoxy) is 1. The first-order valence-electron chi connectivity index (χ1n) is 8.63. The van der Waals surface area contributed by atoms with E-state index >= 15 is 0 Å². The zero-order valence-electron chi connectivity index (χ0n) is 14.8. The summed E-state index contributed by atoms with van der Waals surface area (Å²) in [6.07, 6.45) is 4.88. The minimum atomic E-state index is -0.948. The second kappa shape index (κ2) is 7.27. The average molecular weight is 343 g/mol. The largest absolute Gasteiger partial charge is 0.486 e. The van der Waals surface area contributed by atoms with Crippen LogP contribution in [-0.4, -0.2) is 50.5 Å². The van der Waals surface area contributed by atoms with E-state index in [1.165, 1.54) is 0 Å². The van der Waals surface area contributed by atoms with Gasteiger partial charge in [-0.15, -0.1) is 0 Å². The monoisotopic (exact) mass is 343 g/mol. The fourth-order valence-electron chi connectivity index (χ4n) is 3.07. The quantitative estimate of drug-likeness (QED) is 0.899. The third-order valence-corrected chi connectivity index (χ3v) is 4.73. The Balaban J connectivity index is 1.60. The minimum Gasteiger partial charge on any atom is -0.486 e. The lowest BCUT2D eigenvalue weighted by molar-refractivity contribution is -0.143. The highest BCUT2D eigenvalue weighted by Gasteiger charge is 2.40. The van der Waals surface area contributed by atoms with Crippen molar-refractivity contribution >= 4 is 5.91 Å². The van der Waals surface area contributed by atoms with Gasteiger partial charge in [0, 0.05) is 26.2 Å². The highest BCUT2D eigenvalue weighted by atomic mass is 16.5. The first kappa shape index (κ1) is 17.5. The van der Waals surface area contributed by atoms with Gasteiger partial charge in [0.2, 0.25) is 5.91 Å². The lowest BCUT2D eigenvalue weighted by Crippen LogP contribution is -2.57. The van der Waals surface area contributed by atoms with Gasteiger partial charge >= 0.3 is 0 Å². The normalized spacial score (nSPS) is 23.5. The fraction of sp³-hybridized carbons (Fsp3) is 0.474. The molecule has 1 N–H and O–H groups in total. The number of aliphatic hydroxyl groups is 1. The van der Waals surface area contributed by atoms with E-state index in [1.807, 2.05) is 43.6 Å². The third kappa shape index (κ3) is 4.39. The summed E-state index contributed by atoms with van der Waals surface area (Å²) in [5.41, 5.74) is 0.104. The number of carbonyl (C=O) groups is 1. The molecule has 2 heterocycles. The molecule has 1 fully saturated rings. The highest BCUT2D eigenvalue weighted by Crippen LogP contribution is 2.27. The van der Waals surface area contributed by atoms with Gasteiger partial charge in [0.1, 0.15) is 17.5 Å². The van der Waals surface area contributed by atoms with Crippen LogP contribution in [0.2, 0.25) is 0 Å². The molecular weight excluding hydrogens is 318 g/mol. The zero-order chi connectivity index (χ0) is 17.9. The molecular formula is C19H25N3O3. The number of para-hydroxylation sites is 1. The van der Waals surface area contributed by atoms with Crippen molar-refractivity contribution < 1.29 is 14.6 Å². The van der Waals surface area contributed by atoms with E-state index < -0.39 is 11.7 Å². The summed E-state index contributed by atoms with van der Waals surface area (Å²) < 4.78 is 7.70. The summed E-state index contributed by atoms with van der Waals surface area (Å²) in [5.74, 6) is 0.790. The number of benzene rings is 1. The molecule has 1 aromatic heterocycles. The molecule has 1 saturated heterocycles. The van der Waals surface area contributed by atoms with E-state index in [0.717, 1.165) is 5.56 Å². The third-order valence-electron chi connectivity index (χ3n) is 4.73. The first-order chi connectivity index (χ1) is 11.9. The van der Waals surface area contributed by atoms with Crippen molar-refractivity contribution in [2.24, 2.45) is 7.05 Å². The number of amides is 1. The van der Waals surface area contributed by atoms with Crippen molar-refractivity contribution in [3.63, 3.8) is 0 Å². The number of piperidine rings is 1. The Labute approximate surface area is 148 Å². The number of nitrogens with zero attached hydrogens (tertiary/aromatic N) is 3. The molecule has 134 valence electrons. The molecule has 0 aliphatic carbocycles. The molecule has 6 heteroatoms. The molecule has 0 bridgehead atoms. The van der Waals surface area contributed by atoms with E-state index in [4.69, 9.17) is 4.74 Å². The van der Waals surface area contributed by atoms with Gasteiger partial charge in [-0.3, -0.25) is 9.48 Å². The summed E-state index contributed by atoms with van der Waals surface area (Å²) in [7, 11) is 1.86. The fourth-order valence-corrected chi connectivity index (χ4v) is 3.07. The SMILES string of the molecule is Cn1cc(CCC(=O)N2CC[C@](C)(O)[C@@H](Oc3ccccc3)C2)cn1. The summed E-state index contributed by atoms with van der Waals surface area (Å²) in [4.78, 5) is 14.3. The average Bonchev–Trinajstić information content (AvgIpc) is 3.01. The van der Waals surface area contributed by atoms with Gasteiger partial charge in [0.25, 0.3) is 0 Å². The van der Waals surface area contributed by atoms with Gasteiger partial charge < -0.3 is 14.7 Å². The van der Waals surface area contributed by atoms with Crippen molar-refractivity contribution in [2.45, 2.75) is 37.9 Å². The standard InChI is InChI=1S/C19H25N3O3/c1-19(24)10-11-22(14-17(19)25-16-6-4-3-5-7-16)18(23)9-8-15-12-20-21(2)13-15/h3-7,12-13,17,24H,8-11,14H2,1-2H3/t17-,19-/m0/s1. The lowest BCUT2D eigenvalue weighted by atomic mass is 9.90. The van der Waals surface area contributed by atoms with Crippen LogP contribution in [-0.2, 0) is 18.3 Å². The van der Waals surface area contributed by atoms with Crippen molar-refractivity contribution in [3.8, 4) is 5.75 Å². The smallest absolute Gasteiger partial charge is 0.223 e. The Morgan fingerprint density at radius 1 is 1.40 bits per heavy atom. The van der Waals surface area contributed by atoms with E-state index in [9.17, 15) is 9.90 Å². The zero-order valence-corrected chi connectivity index (χ0v) is 14.8. The van der Waals surface area contributed by atoms with Crippen LogP contribution >= 0.6 is 0 Å². The van der Waals surface area contributed by atoms with Crippen LogP contribution in [0.4, 0.5) is 0 Å². The molecule has 2 atom stereocenters. The summed E-state index contributed by atoms with van der Waals surface area (Å²) in [5, 5.41) is 14.8. The molecule has 0 radical (unpaired) electrons. The summed E-state index contributed by atoms with van der Waals surface area (Å²) in [6, 6.07) is 9.42. The number of rotatable bonds is 5. The molecule has 6 nitrogen and oxygen atoms in total. The van der Waals surface area contributed by atoms with Gasteiger partial charge in [-0.2, -0.15) is 5.10 Å². The maximum atomic E-state index is 12.5. The Morgan fingerprint density at radius 3 is 2.84 bits per heavy atom. The van der Waals surface area contributed by atoms with E-state index in [-0.39, 0.29) is 5.91 Å². The van der Waals surface area contributed by atoms with Gasteiger partial charge in [0.15, 0.2) is 0 Å². The van der Waals surface area contributed by atoms with Crippen LogP contribution in [0.3, 0.4) is 0 Å². The maximum Gasteiger partial charge on any atom is 0.223 e. The molecule has 0 saturated carbocycles. The Kier molecular flexibility index (Phi) is 5.08. The summed E-state index contributed by atoms with van der Waals surface area (Å²) in [6.45, 7) is 2.72. The number of aryl methyl sites for hydroxylation is 2. The van der Waals surface area contributed by atoms with Crippen LogP contribution in [0.15, 0.2) is 42.7 Å². The molecule has 0 spiro atoms. The van der Waals surface area contributed by atoms with Crippen molar-refractivity contribution in [2.75, 3.05) is 13.1 Å². The number of hydrogen-bond donors (Lipinski definition) is 1. The Hall–Kier alpha value is -2.34. The van der Waals surface area contributed by atoms with Gasteiger partial charge in [-0.25, -0.2) is 0 Å². The Bertz CT molecular complexity index is 712. The number of carbonyl (C=O) groups excluding carboxylic acids is 1. The van der Waals surface area contributed by atoms with Crippen molar-refractivity contribution in [3.05, 3.63) is 48.3 Å². The number of aromatic nitrogens is 2. The van der Waals surface area contributed by atoms with Crippen LogP contribution in [0.1, 0.15) is 25.3 Å². The molecule has 1 aromatic carbocycles. The van der Waals surface area contributed by atoms with Crippen molar-refractivity contribution in [1.82, 2.24) is 14.7 Å². The van der Waals surface area contributed by atoms with Crippen LogP contribution in [0.25, 0.3) is 0 Å². The molecule has 1 aliphatic rings. The molecule has 0 unspecified atom stereocenters. The molecule has 1 aliphatic heterocycles. The second-order valence-corrected chi connectivity index (χ2v) is 6.89. The first-order valence-corrected chi connectivity index (χ1v) is 8.63. The highest BCUT2D eigenvalue weighted by molar-refractivity contribution is 5.76. The van der Waals surface area contributed by atoms with E-state index in [0.29, 0.717) is 38.1 Å². The van der Waals surface area contributed by atoms with Crippen LogP contribution in [0.5, 0.6) is 5.75 Å². The molecule has 2 aromatic rings. The minimum absolute atomic E-state index is 0.0843. The number of hydrogen-bond acceptors (Lipinski definition) is 4. The Morgan fingerprint density at radius 2 is 2.16 bits per heavy atom. The van der Waals surface area contributed by atoms with Crippen molar-refractivity contribution in [1.29, 1.82) is 0 Å². The number of likely N-dealkylation sites (tertiary alicyclic amines) is 1. The second-order valence-electron chi connectivity index (χ2n) is 6.89.